The number of hydrogen-bond acceptors (Lipinski definition) is 3. The molecule has 90 valence electrons. The Hall–Kier alpha value is -0.810. The van der Waals surface area contributed by atoms with Gasteiger partial charge in [0, 0.05) is 0 Å². The van der Waals surface area contributed by atoms with Gasteiger partial charge in [0.1, 0.15) is 5.15 Å². The molecule has 0 aliphatic rings. The molecule has 6 heteroatoms. The van der Waals surface area contributed by atoms with Gasteiger partial charge >= 0.3 is 0 Å². The molecule has 4 nitrogen and oxygen atoms in total. The fourth-order valence-electron chi connectivity index (χ4n) is 1.18. The predicted molar refractivity (Wildman–Crippen MR) is 66.3 cm³/mol. The van der Waals surface area contributed by atoms with Crippen LogP contribution < -0.4 is 4.72 Å². The first-order valence-electron chi connectivity index (χ1n) is 5.07. The van der Waals surface area contributed by atoms with Gasteiger partial charge < -0.3 is 0 Å². The van der Waals surface area contributed by atoms with Crippen molar-refractivity contribution >= 4 is 27.3 Å². The third-order valence-corrected chi connectivity index (χ3v) is 3.82. The van der Waals surface area contributed by atoms with Gasteiger partial charge in [-0.1, -0.05) is 24.9 Å². The third kappa shape index (κ3) is 3.98. The van der Waals surface area contributed by atoms with Gasteiger partial charge in [-0.3, -0.25) is 4.72 Å². The van der Waals surface area contributed by atoms with E-state index in [9.17, 15) is 8.42 Å². The smallest absolute Gasteiger partial charge is 0.232 e. The van der Waals surface area contributed by atoms with E-state index in [0.29, 0.717) is 17.3 Å². The summed E-state index contributed by atoms with van der Waals surface area (Å²) in [5.41, 5.74) is 1.20. The van der Waals surface area contributed by atoms with E-state index in [1.165, 1.54) is 6.20 Å². The minimum Gasteiger partial charge on any atom is -0.282 e. The lowest BCUT2D eigenvalue weighted by atomic mass is 10.3. The summed E-state index contributed by atoms with van der Waals surface area (Å²) >= 11 is 5.75. The molecule has 0 aromatic carbocycles. The Labute approximate surface area is 101 Å². The Bertz CT molecular complexity index is 460. The summed E-state index contributed by atoms with van der Waals surface area (Å²) in [5, 5.41) is 0.386. The summed E-state index contributed by atoms with van der Waals surface area (Å²) in [6, 6.07) is 1.67. The Morgan fingerprint density at radius 3 is 2.75 bits per heavy atom. The Morgan fingerprint density at radius 2 is 2.19 bits per heavy atom. The molecule has 1 aromatic rings. The highest BCUT2D eigenvalue weighted by Gasteiger charge is 2.10. The van der Waals surface area contributed by atoms with Gasteiger partial charge in [-0.05, 0) is 25.0 Å². The largest absolute Gasteiger partial charge is 0.282 e. The molecule has 1 aromatic heterocycles. The summed E-state index contributed by atoms with van der Waals surface area (Å²) < 4.78 is 25.6. The Morgan fingerprint density at radius 1 is 1.50 bits per heavy atom. The standard InChI is InChI=1S/C10H15ClN2O2S/c1-3-4-5-16(14,15)13-9-6-8(2)10(11)12-7-9/h6-7,13H,3-5H2,1-2H3. The SMILES string of the molecule is CCCCS(=O)(=O)Nc1cnc(Cl)c(C)c1. The van der Waals surface area contributed by atoms with Crippen molar-refractivity contribution in [3.8, 4) is 0 Å². The van der Waals surface area contributed by atoms with Crippen LogP contribution in [-0.2, 0) is 10.0 Å². The first kappa shape index (κ1) is 13.3. The van der Waals surface area contributed by atoms with Gasteiger partial charge in [0.15, 0.2) is 0 Å². The lowest BCUT2D eigenvalue weighted by Gasteiger charge is -2.08. The molecule has 0 aliphatic heterocycles. The van der Waals surface area contributed by atoms with E-state index >= 15 is 0 Å². The number of rotatable bonds is 5. The molecule has 0 saturated heterocycles. The molecule has 0 radical (unpaired) electrons. The minimum absolute atomic E-state index is 0.130. The fourth-order valence-corrected chi connectivity index (χ4v) is 2.52. The number of hydrogen-bond donors (Lipinski definition) is 1. The summed E-state index contributed by atoms with van der Waals surface area (Å²) in [4.78, 5) is 3.88. The van der Waals surface area contributed by atoms with Crippen LogP contribution in [0.25, 0.3) is 0 Å². The van der Waals surface area contributed by atoms with Crippen LogP contribution in [0.5, 0.6) is 0 Å². The molecule has 0 fully saturated rings. The van der Waals surface area contributed by atoms with Crippen LogP contribution in [0.1, 0.15) is 25.3 Å². The van der Waals surface area contributed by atoms with Crippen molar-refractivity contribution in [1.29, 1.82) is 0 Å². The second-order valence-electron chi connectivity index (χ2n) is 3.61. The molecular formula is C10H15ClN2O2S. The van der Waals surface area contributed by atoms with Gasteiger partial charge in [0.25, 0.3) is 0 Å². The van der Waals surface area contributed by atoms with Crippen LogP contribution in [0.3, 0.4) is 0 Å². The monoisotopic (exact) mass is 262 g/mol. The number of nitrogens with one attached hydrogen (secondary N) is 1. The zero-order chi connectivity index (χ0) is 12.2. The summed E-state index contributed by atoms with van der Waals surface area (Å²) in [7, 11) is -3.26. The van der Waals surface area contributed by atoms with Crippen molar-refractivity contribution in [2.75, 3.05) is 10.5 Å². The van der Waals surface area contributed by atoms with E-state index in [4.69, 9.17) is 11.6 Å². The van der Waals surface area contributed by atoms with Crippen molar-refractivity contribution in [2.45, 2.75) is 26.7 Å². The maximum Gasteiger partial charge on any atom is 0.232 e. The van der Waals surface area contributed by atoms with Gasteiger partial charge in [-0.25, -0.2) is 13.4 Å². The number of pyridine rings is 1. The highest BCUT2D eigenvalue weighted by molar-refractivity contribution is 7.92. The maximum absolute atomic E-state index is 11.6. The molecule has 0 bridgehead atoms. The second-order valence-corrected chi connectivity index (χ2v) is 5.81. The molecule has 16 heavy (non-hydrogen) atoms. The van der Waals surface area contributed by atoms with E-state index < -0.39 is 10.0 Å². The molecule has 1 N–H and O–H groups in total. The zero-order valence-electron chi connectivity index (χ0n) is 9.33. The van der Waals surface area contributed by atoms with Crippen LogP contribution in [0.15, 0.2) is 12.3 Å². The number of sulfonamides is 1. The Kier molecular flexibility index (Phi) is 4.56. The van der Waals surface area contributed by atoms with Crippen molar-refractivity contribution in [3.05, 3.63) is 23.0 Å². The Balaban J connectivity index is 2.76. The van der Waals surface area contributed by atoms with Crippen molar-refractivity contribution < 1.29 is 8.42 Å². The van der Waals surface area contributed by atoms with Gasteiger partial charge in [0.2, 0.25) is 10.0 Å². The molecule has 0 aliphatic carbocycles. The second kappa shape index (κ2) is 5.50. The van der Waals surface area contributed by atoms with Crippen molar-refractivity contribution in [3.63, 3.8) is 0 Å². The zero-order valence-corrected chi connectivity index (χ0v) is 10.9. The van der Waals surface area contributed by atoms with Gasteiger partial charge in [-0.2, -0.15) is 0 Å². The van der Waals surface area contributed by atoms with E-state index in [0.717, 1.165) is 12.0 Å². The molecule has 0 amide bonds. The summed E-state index contributed by atoms with van der Waals surface area (Å²) in [5.74, 6) is 0.130. The molecule has 0 unspecified atom stereocenters. The molecule has 0 saturated carbocycles. The number of aromatic nitrogens is 1. The number of unbranched alkanes of at least 4 members (excludes halogenated alkanes) is 1. The number of halogens is 1. The van der Waals surface area contributed by atoms with Crippen LogP contribution in [0, 0.1) is 6.92 Å². The van der Waals surface area contributed by atoms with E-state index in [1.807, 2.05) is 6.92 Å². The van der Waals surface area contributed by atoms with E-state index in [1.54, 1.807) is 13.0 Å². The maximum atomic E-state index is 11.6. The predicted octanol–water partition coefficient (Wildman–Crippen LogP) is 2.59. The summed E-state index contributed by atoms with van der Waals surface area (Å²) in [6.07, 6.45) is 2.91. The molecule has 0 spiro atoms. The highest BCUT2D eigenvalue weighted by atomic mass is 35.5. The van der Waals surface area contributed by atoms with Gasteiger partial charge in [0.05, 0.1) is 17.6 Å². The lowest BCUT2D eigenvalue weighted by Crippen LogP contribution is -2.16. The fraction of sp³-hybridized carbons (Fsp3) is 0.500. The van der Waals surface area contributed by atoms with Crippen LogP contribution >= 0.6 is 11.6 Å². The van der Waals surface area contributed by atoms with Crippen LogP contribution in [0.4, 0.5) is 5.69 Å². The van der Waals surface area contributed by atoms with Crippen molar-refractivity contribution in [2.24, 2.45) is 0 Å². The first-order valence-corrected chi connectivity index (χ1v) is 7.10. The topological polar surface area (TPSA) is 59.1 Å². The molecular weight excluding hydrogens is 248 g/mol. The number of anilines is 1. The molecule has 1 rings (SSSR count). The number of aryl methyl sites for hydroxylation is 1. The van der Waals surface area contributed by atoms with Crippen molar-refractivity contribution in [1.82, 2.24) is 4.98 Å². The highest BCUT2D eigenvalue weighted by Crippen LogP contribution is 2.17. The van der Waals surface area contributed by atoms with Crippen LogP contribution in [0.2, 0.25) is 5.15 Å². The van der Waals surface area contributed by atoms with Gasteiger partial charge in [-0.15, -0.1) is 0 Å². The average molecular weight is 263 g/mol. The normalized spacial score (nSPS) is 11.4. The average Bonchev–Trinajstić information content (AvgIpc) is 2.20. The van der Waals surface area contributed by atoms with E-state index in [-0.39, 0.29) is 5.75 Å². The molecule has 0 atom stereocenters. The lowest BCUT2D eigenvalue weighted by molar-refractivity contribution is 0.598. The first-order chi connectivity index (χ1) is 7.44. The minimum atomic E-state index is -3.26. The van der Waals surface area contributed by atoms with E-state index in [2.05, 4.69) is 9.71 Å². The third-order valence-electron chi connectivity index (χ3n) is 2.05. The summed E-state index contributed by atoms with van der Waals surface area (Å²) in [6.45, 7) is 3.72. The quantitative estimate of drug-likeness (QED) is 0.830. The molecule has 1 heterocycles. The number of nitrogens with zero attached hydrogens (tertiary/aromatic N) is 1. The van der Waals surface area contributed by atoms with Crippen LogP contribution in [-0.4, -0.2) is 19.2 Å².